The van der Waals surface area contributed by atoms with Crippen LogP contribution in [-0.4, -0.2) is 49.3 Å². The van der Waals surface area contributed by atoms with Gasteiger partial charge >= 0.3 is 0 Å². The molecule has 3 nitrogen and oxygen atoms in total. The molecule has 0 atom stereocenters. The van der Waals surface area contributed by atoms with Crippen LogP contribution in [0.3, 0.4) is 0 Å². The fourth-order valence-corrected chi connectivity index (χ4v) is 1.70. The van der Waals surface area contributed by atoms with Crippen molar-refractivity contribution in [3.8, 4) is 0 Å². The van der Waals surface area contributed by atoms with Gasteiger partial charge in [0.25, 0.3) is 0 Å². The van der Waals surface area contributed by atoms with Crippen molar-refractivity contribution in [2.24, 2.45) is 5.41 Å². The largest absolute Gasteiger partial charge is 0.396 e. The van der Waals surface area contributed by atoms with Crippen molar-refractivity contribution < 1.29 is 5.11 Å². The number of rotatable bonds is 8. The molecule has 0 saturated heterocycles. The number of hydrogen-bond donors (Lipinski definition) is 2. The molecule has 1 aliphatic carbocycles. The number of hydrogen-bond acceptors (Lipinski definition) is 3. The SMILES string of the molecule is CCN(CC)CCNCC1(CO)CC1. The topological polar surface area (TPSA) is 35.5 Å². The molecule has 1 fully saturated rings. The van der Waals surface area contributed by atoms with E-state index >= 15 is 0 Å². The van der Waals surface area contributed by atoms with E-state index in [1.165, 1.54) is 12.8 Å². The molecule has 0 aromatic carbocycles. The molecule has 0 spiro atoms. The van der Waals surface area contributed by atoms with Crippen molar-refractivity contribution in [2.75, 3.05) is 39.3 Å². The molecule has 1 rings (SSSR count). The molecule has 0 aromatic rings. The monoisotopic (exact) mass is 200 g/mol. The third kappa shape index (κ3) is 3.56. The average molecular weight is 200 g/mol. The van der Waals surface area contributed by atoms with Gasteiger partial charge in [0.2, 0.25) is 0 Å². The number of aliphatic hydroxyl groups excluding tert-OH is 1. The first-order chi connectivity index (χ1) is 6.76. The molecular weight excluding hydrogens is 176 g/mol. The molecule has 1 saturated carbocycles. The van der Waals surface area contributed by atoms with Crippen molar-refractivity contribution in [1.29, 1.82) is 0 Å². The molecule has 0 bridgehead atoms. The van der Waals surface area contributed by atoms with Crippen LogP contribution in [0.4, 0.5) is 0 Å². The zero-order chi connectivity index (χ0) is 10.4. The van der Waals surface area contributed by atoms with Crippen molar-refractivity contribution >= 4 is 0 Å². The van der Waals surface area contributed by atoms with Gasteiger partial charge in [-0.25, -0.2) is 0 Å². The van der Waals surface area contributed by atoms with E-state index in [9.17, 15) is 0 Å². The Hall–Kier alpha value is -0.120. The van der Waals surface area contributed by atoms with Crippen LogP contribution in [0.15, 0.2) is 0 Å². The van der Waals surface area contributed by atoms with Crippen LogP contribution >= 0.6 is 0 Å². The van der Waals surface area contributed by atoms with Gasteiger partial charge in [0.15, 0.2) is 0 Å². The highest BCUT2D eigenvalue weighted by Crippen LogP contribution is 2.44. The van der Waals surface area contributed by atoms with E-state index in [1.807, 2.05) is 0 Å². The van der Waals surface area contributed by atoms with Crippen molar-refractivity contribution in [1.82, 2.24) is 10.2 Å². The summed E-state index contributed by atoms with van der Waals surface area (Å²) in [5.41, 5.74) is 0.253. The standard InChI is InChI=1S/C11H24N2O/c1-3-13(4-2)8-7-12-9-11(10-14)5-6-11/h12,14H,3-10H2,1-2H3. The van der Waals surface area contributed by atoms with Crippen LogP contribution in [0.1, 0.15) is 26.7 Å². The molecule has 0 aliphatic heterocycles. The predicted octanol–water partition coefficient (Wildman–Crippen LogP) is 0.690. The minimum atomic E-state index is 0.253. The smallest absolute Gasteiger partial charge is 0.0499 e. The van der Waals surface area contributed by atoms with Crippen LogP contribution < -0.4 is 5.32 Å². The first kappa shape index (κ1) is 12.0. The zero-order valence-corrected chi connectivity index (χ0v) is 9.55. The van der Waals surface area contributed by atoms with Gasteiger partial charge in [0, 0.05) is 31.7 Å². The van der Waals surface area contributed by atoms with E-state index in [2.05, 4.69) is 24.1 Å². The Morgan fingerprint density at radius 2 is 1.93 bits per heavy atom. The Bertz CT molecular complexity index is 153. The van der Waals surface area contributed by atoms with E-state index in [0.29, 0.717) is 6.61 Å². The molecule has 14 heavy (non-hydrogen) atoms. The van der Waals surface area contributed by atoms with Gasteiger partial charge < -0.3 is 15.3 Å². The molecular formula is C11H24N2O. The van der Waals surface area contributed by atoms with Crippen molar-refractivity contribution in [3.05, 3.63) is 0 Å². The maximum Gasteiger partial charge on any atom is 0.0499 e. The maximum atomic E-state index is 9.11. The Morgan fingerprint density at radius 1 is 1.29 bits per heavy atom. The lowest BCUT2D eigenvalue weighted by Crippen LogP contribution is -2.35. The molecule has 0 heterocycles. The molecule has 0 amide bonds. The zero-order valence-electron chi connectivity index (χ0n) is 9.55. The van der Waals surface area contributed by atoms with Gasteiger partial charge in [-0.3, -0.25) is 0 Å². The van der Waals surface area contributed by atoms with Gasteiger partial charge in [-0.2, -0.15) is 0 Å². The molecule has 84 valence electrons. The van der Waals surface area contributed by atoms with Crippen LogP contribution in [-0.2, 0) is 0 Å². The Morgan fingerprint density at radius 3 is 2.36 bits per heavy atom. The van der Waals surface area contributed by atoms with Gasteiger partial charge in [0.05, 0.1) is 0 Å². The van der Waals surface area contributed by atoms with Crippen LogP contribution in [0.25, 0.3) is 0 Å². The normalized spacial score (nSPS) is 18.9. The highest BCUT2D eigenvalue weighted by atomic mass is 16.3. The quantitative estimate of drug-likeness (QED) is 0.566. The van der Waals surface area contributed by atoms with Crippen molar-refractivity contribution in [3.63, 3.8) is 0 Å². The lowest BCUT2D eigenvalue weighted by molar-refractivity contribution is 0.205. The van der Waals surface area contributed by atoms with Crippen LogP contribution in [0.5, 0.6) is 0 Å². The highest BCUT2D eigenvalue weighted by Gasteiger charge is 2.41. The molecule has 3 heteroatoms. The van der Waals surface area contributed by atoms with Crippen LogP contribution in [0.2, 0.25) is 0 Å². The molecule has 0 unspecified atom stereocenters. The highest BCUT2D eigenvalue weighted by molar-refractivity contribution is 4.94. The minimum Gasteiger partial charge on any atom is -0.396 e. The number of aliphatic hydroxyl groups is 1. The van der Waals surface area contributed by atoms with E-state index in [1.54, 1.807) is 0 Å². The second-order valence-electron chi connectivity index (χ2n) is 4.36. The summed E-state index contributed by atoms with van der Waals surface area (Å²) in [6.45, 7) is 10.2. The summed E-state index contributed by atoms with van der Waals surface area (Å²) in [5, 5.41) is 12.5. The summed E-state index contributed by atoms with van der Waals surface area (Å²) < 4.78 is 0. The molecule has 0 radical (unpaired) electrons. The minimum absolute atomic E-state index is 0.253. The summed E-state index contributed by atoms with van der Waals surface area (Å²) >= 11 is 0. The number of likely N-dealkylation sites (N-methyl/N-ethyl adjacent to an activating group) is 1. The second kappa shape index (κ2) is 5.69. The summed E-state index contributed by atoms with van der Waals surface area (Å²) in [4.78, 5) is 2.41. The predicted molar refractivity (Wildman–Crippen MR) is 59.4 cm³/mol. The number of nitrogens with zero attached hydrogens (tertiary/aromatic N) is 1. The third-order valence-corrected chi connectivity index (χ3v) is 3.29. The first-order valence-electron chi connectivity index (χ1n) is 5.80. The van der Waals surface area contributed by atoms with Gasteiger partial charge in [-0.15, -0.1) is 0 Å². The Balaban J connectivity index is 1.99. The van der Waals surface area contributed by atoms with Gasteiger partial charge in [-0.1, -0.05) is 13.8 Å². The van der Waals surface area contributed by atoms with Crippen LogP contribution in [0, 0.1) is 5.41 Å². The lowest BCUT2D eigenvalue weighted by atomic mass is 10.1. The number of nitrogens with one attached hydrogen (secondary N) is 1. The fraction of sp³-hybridized carbons (Fsp3) is 1.00. The van der Waals surface area contributed by atoms with Gasteiger partial charge in [0.1, 0.15) is 0 Å². The molecule has 2 N–H and O–H groups in total. The fourth-order valence-electron chi connectivity index (χ4n) is 1.70. The second-order valence-corrected chi connectivity index (χ2v) is 4.36. The summed E-state index contributed by atoms with van der Waals surface area (Å²) in [6, 6.07) is 0. The first-order valence-corrected chi connectivity index (χ1v) is 5.80. The van der Waals surface area contributed by atoms with Gasteiger partial charge in [-0.05, 0) is 25.9 Å². The molecule has 1 aliphatic rings. The Labute approximate surface area is 87.5 Å². The van der Waals surface area contributed by atoms with E-state index in [4.69, 9.17) is 5.11 Å². The third-order valence-electron chi connectivity index (χ3n) is 3.29. The molecule has 0 aromatic heterocycles. The Kier molecular flexibility index (Phi) is 4.85. The van der Waals surface area contributed by atoms with E-state index in [-0.39, 0.29) is 5.41 Å². The summed E-state index contributed by atoms with van der Waals surface area (Å²) in [5.74, 6) is 0. The van der Waals surface area contributed by atoms with E-state index < -0.39 is 0 Å². The maximum absolute atomic E-state index is 9.11. The summed E-state index contributed by atoms with van der Waals surface area (Å²) in [6.07, 6.45) is 2.39. The van der Waals surface area contributed by atoms with Crippen molar-refractivity contribution in [2.45, 2.75) is 26.7 Å². The average Bonchev–Trinajstić information content (AvgIpc) is 2.99. The summed E-state index contributed by atoms with van der Waals surface area (Å²) in [7, 11) is 0. The lowest BCUT2D eigenvalue weighted by Gasteiger charge is -2.19. The van der Waals surface area contributed by atoms with E-state index in [0.717, 1.165) is 32.7 Å².